The number of hydrogen-bond donors (Lipinski definition) is 0. The molecule has 1 heterocycles. The number of alkyl halides is 3. The van der Waals surface area contributed by atoms with Crippen LogP contribution >= 0.6 is 11.6 Å². The monoisotopic (exact) mass is 240 g/mol. The number of halogens is 3. The van der Waals surface area contributed by atoms with Crippen LogP contribution in [0.5, 0.6) is 0 Å². The summed E-state index contributed by atoms with van der Waals surface area (Å²) in [6.45, 7) is 0. The molecule has 0 saturated carbocycles. The maximum absolute atomic E-state index is 12.8. The fourth-order valence-electron chi connectivity index (χ4n) is 1.24. The van der Waals surface area contributed by atoms with Crippen molar-refractivity contribution in [2.45, 2.75) is 5.38 Å². The van der Waals surface area contributed by atoms with E-state index < -0.39 is 11.1 Å². The minimum Gasteiger partial charge on any atom is -0.237 e. The minimum absolute atomic E-state index is 0.235. The summed E-state index contributed by atoms with van der Waals surface area (Å²) in [5.41, 5.74) is 0.174. The number of rotatable bonds is 2. The SMILES string of the molecule is FC(F)(Cl)c1ccnc(-c2ccccc2)n1. The average Bonchev–Trinajstić information content (AvgIpc) is 2.29. The van der Waals surface area contributed by atoms with Gasteiger partial charge in [-0.1, -0.05) is 30.3 Å². The van der Waals surface area contributed by atoms with E-state index in [9.17, 15) is 8.78 Å². The lowest BCUT2D eigenvalue weighted by Crippen LogP contribution is -2.07. The van der Waals surface area contributed by atoms with Gasteiger partial charge in [-0.25, -0.2) is 9.97 Å². The van der Waals surface area contributed by atoms with Gasteiger partial charge in [0, 0.05) is 11.8 Å². The molecule has 2 nitrogen and oxygen atoms in total. The van der Waals surface area contributed by atoms with Crippen LogP contribution in [0.1, 0.15) is 5.69 Å². The van der Waals surface area contributed by atoms with Crippen LogP contribution in [0.15, 0.2) is 42.6 Å². The Kier molecular flexibility index (Phi) is 2.83. The van der Waals surface area contributed by atoms with E-state index in [1.54, 1.807) is 24.3 Å². The number of hydrogen-bond acceptors (Lipinski definition) is 2. The number of nitrogens with zero attached hydrogens (tertiary/aromatic N) is 2. The number of aromatic nitrogens is 2. The highest BCUT2D eigenvalue weighted by molar-refractivity contribution is 6.21. The van der Waals surface area contributed by atoms with Crippen molar-refractivity contribution in [1.82, 2.24) is 9.97 Å². The van der Waals surface area contributed by atoms with Gasteiger partial charge in [-0.05, 0) is 17.7 Å². The molecule has 0 aliphatic rings. The molecule has 0 amide bonds. The van der Waals surface area contributed by atoms with Crippen molar-refractivity contribution in [1.29, 1.82) is 0 Å². The predicted molar refractivity (Wildman–Crippen MR) is 57.2 cm³/mol. The summed E-state index contributed by atoms with van der Waals surface area (Å²) in [6.07, 6.45) is 1.26. The first-order chi connectivity index (χ1) is 7.57. The largest absolute Gasteiger partial charge is 0.364 e. The van der Waals surface area contributed by atoms with Gasteiger partial charge in [0.1, 0.15) is 5.69 Å². The summed E-state index contributed by atoms with van der Waals surface area (Å²) in [5.74, 6) is 0.235. The summed E-state index contributed by atoms with van der Waals surface area (Å²) in [5, 5.41) is -3.47. The van der Waals surface area contributed by atoms with Crippen LogP contribution in [0.4, 0.5) is 8.78 Å². The Morgan fingerprint density at radius 3 is 2.38 bits per heavy atom. The van der Waals surface area contributed by atoms with Gasteiger partial charge < -0.3 is 0 Å². The van der Waals surface area contributed by atoms with Crippen LogP contribution < -0.4 is 0 Å². The first kappa shape index (κ1) is 11.0. The molecule has 1 aromatic carbocycles. The van der Waals surface area contributed by atoms with Crippen LogP contribution in [-0.4, -0.2) is 9.97 Å². The Bertz CT molecular complexity index is 483. The van der Waals surface area contributed by atoms with Crippen molar-refractivity contribution in [3.05, 3.63) is 48.3 Å². The van der Waals surface area contributed by atoms with Crippen molar-refractivity contribution in [3.63, 3.8) is 0 Å². The third kappa shape index (κ3) is 2.33. The molecular formula is C11H7ClF2N2. The van der Waals surface area contributed by atoms with Gasteiger partial charge >= 0.3 is 5.38 Å². The zero-order valence-electron chi connectivity index (χ0n) is 8.07. The molecule has 16 heavy (non-hydrogen) atoms. The molecule has 0 spiro atoms. The van der Waals surface area contributed by atoms with Crippen molar-refractivity contribution in [2.24, 2.45) is 0 Å². The van der Waals surface area contributed by atoms with E-state index in [-0.39, 0.29) is 5.82 Å². The maximum Gasteiger partial charge on any atom is 0.364 e. The molecule has 0 atom stereocenters. The van der Waals surface area contributed by atoms with E-state index in [1.165, 1.54) is 6.20 Å². The fourth-order valence-corrected chi connectivity index (χ4v) is 1.35. The van der Waals surface area contributed by atoms with Gasteiger partial charge in [-0.15, -0.1) is 0 Å². The van der Waals surface area contributed by atoms with E-state index in [1.807, 2.05) is 6.07 Å². The summed E-state index contributed by atoms with van der Waals surface area (Å²) in [6, 6.07) is 9.97. The van der Waals surface area contributed by atoms with Crippen LogP contribution in [0.3, 0.4) is 0 Å². The van der Waals surface area contributed by atoms with Gasteiger partial charge in [0.05, 0.1) is 0 Å². The highest BCUT2D eigenvalue weighted by Gasteiger charge is 2.30. The molecule has 5 heteroatoms. The van der Waals surface area contributed by atoms with Crippen LogP contribution in [-0.2, 0) is 5.38 Å². The van der Waals surface area contributed by atoms with Gasteiger partial charge in [-0.3, -0.25) is 0 Å². The molecule has 0 aliphatic heterocycles. The minimum atomic E-state index is -3.47. The molecule has 2 rings (SSSR count). The third-order valence-corrected chi connectivity index (χ3v) is 2.17. The summed E-state index contributed by atoms with van der Waals surface area (Å²) in [4.78, 5) is 7.64. The topological polar surface area (TPSA) is 25.8 Å². The molecule has 0 saturated heterocycles. The van der Waals surface area contributed by atoms with Gasteiger partial charge in [0.15, 0.2) is 5.82 Å². The lowest BCUT2D eigenvalue weighted by Gasteiger charge is -2.07. The van der Waals surface area contributed by atoms with Crippen molar-refractivity contribution in [2.75, 3.05) is 0 Å². The first-order valence-electron chi connectivity index (χ1n) is 4.53. The number of benzene rings is 1. The third-order valence-electron chi connectivity index (χ3n) is 1.98. The standard InChI is InChI=1S/C11H7ClF2N2/c12-11(13,14)9-6-7-15-10(16-9)8-4-2-1-3-5-8/h1-7H. The zero-order chi connectivity index (χ0) is 11.6. The van der Waals surface area contributed by atoms with Crippen LogP contribution in [0.25, 0.3) is 11.4 Å². The van der Waals surface area contributed by atoms with Gasteiger partial charge in [0.25, 0.3) is 0 Å². The normalized spacial score (nSPS) is 11.4. The van der Waals surface area contributed by atoms with E-state index in [2.05, 4.69) is 9.97 Å². The summed E-state index contributed by atoms with van der Waals surface area (Å²) < 4.78 is 25.7. The Labute approximate surface area is 95.9 Å². The van der Waals surface area contributed by atoms with Crippen molar-refractivity contribution in [3.8, 4) is 11.4 Å². The van der Waals surface area contributed by atoms with Crippen molar-refractivity contribution < 1.29 is 8.78 Å². The molecule has 0 radical (unpaired) electrons. The Morgan fingerprint density at radius 2 is 1.75 bits per heavy atom. The lowest BCUT2D eigenvalue weighted by molar-refractivity contribution is 0.0899. The molecule has 2 aromatic rings. The molecule has 0 fully saturated rings. The van der Waals surface area contributed by atoms with Gasteiger partial charge in [0.2, 0.25) is 0 Å². The first-order valence-corrected chi connectivity index (χ1v) is 4.91. The van der Waals surface area contributed by atoms with E-state index in [0.29, 0.717) is 5.56 Å². The van der Waals surface area contributed by atoms with Crippen LogP contribution in [0.2, 0.25) is 0 Å². The molecule has 1 aromatic heterocycles. The van der Waals surface area contributed by atoms with Crippen molar-refractivity contribution >= 4 is 11.6 Å². The van der Waals surface area contributed by atoms with E-state index in [0.717, 1.165) is 6.07 Å². The molecular weight excluding hydrogens is 234 g/mol. The Balaban J connectivity index is 2.45. The second kappa shape index (κ2) is 4.14. The predicted octanol–water partition coefficient (Wildman–Crippen LogP) is 3.43. The average molecular weight is 241 g/mol. The summed E-state index contributed by atoms with van der Waals surface area (Å²) in [7, 11) is 0. The fraction of sp³-hybridized carbons (Fsp3) is 0.0909. The molecule has 0 bridgehead atoms. The Morgan fingerprint density at radius 1 is 1.06 bits per heavy atom. The highest BCUT2D eigenvalue weighted by Crippen LogP contribution is 2.31. The molecule has 82 valence electrons. The smallest absolute Gasteiger partial charge is 0.237 e. The quantitative estimate of drug-likeness (QED) is 0.752. The molecule has 0 unspecified atom stereocenters. The van der Waals surface area contributed by atoms with Crippen LogP contribution in [0, 0.1) is 0 Å². The molecule has 0 N–H and O–H groups in total. The highest BCUT2D eigenvalue weighted by atomic mass is 35.5. The second-order valence-electron chi connectivity index (χ2n) is 3.13. The van der Waals surface area contributed by atoms with E-state index in [4.69, 9.17) is 11.6 Å². The van der Waals surface area contributed by atoms with Gasteiger partial charge in [-0.2, -0.15) is 8.78 Å². The second-order valence-corrected chi connectivity index (χ2v) is 3.60. The summed E-state index contributed by atoms with van der Waals surface area (Å²) >= 11 is 4.89. The lowest BCUT2D eigenvalue weighted by atomic mass is 10.2. The van der Waals surface area contributed by atoms with E-state index >= 15 is 0 Å². The Hall–Kier alpha value is -1.55. The maximum atomic E-state index is 12.8. The zero-order valence-corrected chi connectivity index (χ0v) is 8.83. The molecule has 0 aliphatic carbocycles.